The molecule has 9 heteroatoms. The zero-order chi connectivity index (χ0) is 19.6. The Kier molecular flexibility index (Phi) is 5.77. The van der Waals surface area contributed by atoms with Gasteiger partial charge in [-0.05, 0) is 50.3 Å². The first-order valence-electron chi connectivity index (χ1n) is 9.65. The Labute approximate surface area is 164 Å². The third-order valence-electron chi connectivity index (χ3n) is 5.17. The number of aryl methyl sites for hydroxylation is 1. The molecule has 0 N–H and O–H groups in total. The second kappa shape index (κ2) is 8.28. The Bertz CT molecular complexity index is 900. The smallest absolute Gasteiger partial charge is 0.255 e. The van der Waals surface area contributed by atoms with E-state index in [4.69, 9.17) is 14.0 Å². The lowest BCUT2D eigenvalue weighted by atomic mass is 10.1. The zero-order valence-electron chi connectivity index (χ0n) is 15.9. The summed E-state index contributed by atoms with van der Waals surface area (Å²) in [5, 5.41) is 3.95. The van der Waals surface area contributed by atoms with E-state index in [9.17, 15) is 8.42 Å². The van der Waals surface area contributed by atoms with Gasteiger partial charge in [-0.1, -0.05) is 17.3 Å². The monoisotopic (exact) mass is 407 g/mol. The van der Waals surface area contributed by atoms with Gasteiger partial charge < -0.3 is 14.0 Å². The fourth-order valence-corrected chi connectivity index (χ4v) is 5.16. The highest BCUT2D eigenvalue weighted by Crippen LogP contribution is 2.27. The predicted molar refractivity (Wildman–Crippen MR) is 100.0 cm³/mol. The van der Waals surface area contributed by atoms with Gasteiger partial charge in [0.25, 0.3) is 5.89 Å². The van der Waals surface area contributed by atoms with Crippen LogP contribution in [0.1, 0.15) is 49.1 Å². The summed E-state index contributed by atoms with van der Waals surface area (Å²) < 4.78 is 43.8. The normalized spacial score (nSPS) is 22.0. The number of rotatable bonds is 6. The Hall–Kier alpha value is -1.81. The summed E-state index contributed by atoms with van der Waals surface area (Å²) in [6, 6.07) is 7.02. The molecule has 0 radical (unpaired) electrons. The van der Waals surface area contributed by atoms with Gasteiger partial charge in [-0.3, -0.25) is 0 Å². The molecule has 8 nitrogen and oxygen atoms in total. The van der Waals surface area contributed by atoms with Crippen LogP contribution in [0.15, 0.2) is 33.7 Å². The third-order valence-corrected chi connectivity index (χ3v) is 7.06. The second-order valence-corrected chi connectivity index (χ2v) is 9.22. The van der Waals surface area contributed by atoms with Crippen LogP contribution in [0.3, 0.4) is 0 Å². The maximum absolute atomic E-state index is 12.8. The van der Waals surface area contributed by atoms with Gasteiger partial charge in [0.15, 0.2) is 5.82 Å². The molecule has 1 aromatic carbocycles. The van der Waals surface area contributed by atoms with E-state index < -0.39 is 10.0 Å². The highest BCUT2D eigenvalue weighted by molar-refractivity contribution is 7.89. The molecular formula is C19H25N3O5S. The van der Waals surface area contributed by atoms with Gasteiger partial charge in [0.05, 0.1) is 11.0 Å². The number of piperidine rings is 1. The largest absolute Gasteiger partial charge is 0.370 e. The molecule has 3 heterocycles. The highest BCUT2D eigenvalue weighted by atomic mass is 32.2. The van der Waals surface area contributed by atoms with Gasteiger partial charge in [0, 0.05) is 19.7 Å². The lowest BCUT2D eigenvalue weighted by Gasteiger charge is -2.31. The van der Waals surface area contributed by atoms with E-state index in [1.54, 1.807) is 18.2 Å². The van der Waals surface area contributed by atoms with E-state index in [-0.39, 0.29) is 18.8 Å². The Morgan fingerprint density at radius 3 is 2.79 bits per heavy atom. The third kappa shape index (κ3) is 4.27. The lowest BCUT2D eigenvalue weighted by Crippen LogP contribution is -2.40. The molecule has 1 unspecified atom stereocenters. The van der Waals surface area contributed by atoms with Gasteiger partial charge in [-0.15, -0.1) is 0 Å². The van der Waals surface area contributed by atoms with Gasteiger partial charge in [0.2, 0.25) is 10.0 Å². The number of hydrogen-bond donors (Lipinski definition) is 0. The van der Waals surface area contributed by atoms with Crippen molar-refractivity contribution in [3.63, 3.8) is 0 Å². The van der Waals surface area contributed by atoms with E-state index in [0.717, 1.165) is 25.0 Å². The highest BCUT2D eigenvalue weighted by Gasteiger charge is 2.30. The minimum absolute atomic E-state index is 0.0198. The van der Waals surface area contributed by atoms with Gasteiger partial charge in [-0.25, -0.2) is 8.42 Å². The van der Waals surface area contributed by atoms with E-state index in [1.165, 1.54) is 4.31 Å². The number of nitrogens with zero attached hydrogens (tertiary/aromatic N) is 3. The van der Waals surface area contributed by atoms with Crippen LogP contribution in [-0.4, -0.2) is 48.7 Å². The zero-order valence-corrected chi connectivity index (χ0v) is 16.7. The topological polar surface area (TPSA) is 94.8 Å². The van der Waals surface area contributed by atoms with Gasteiger partial charge >= 0.3 is 0 Å². The fourth-order valence-electron chi connectivity index (χ4n) is 3.59. The second-order valence-electron chi connectivity index (χ2n) is 7.28. The number of benzene rings is 1. The summed E-state index contributed by atoms with van der Waals surface area (Å²) >= 11 is 0. The molecule has 1 aromatic heterocycles. The van der Waals surface area contributed by atoms with Crippen molar-refractivity contribution >= 4 is 10.0 Å². The minimum Gasteiger partial charge on any atom is -0.370 e. The van der Waals surface area contributed by atoms with Gasteiger partial charge in [0.1, 0.15) is 12.7 Å². The van der Waals surface area contributed by atoms with Crippen molar-refractivity contribution in [2.75, 3.05) is 19.7 Å². The average Bonchev–Trinajstić information content (AvgIpc) is 3.38. The quantitative estimate of drug-likeness (QED) is 0.726. The first-order valence-corrected chi connectivity index (χ1v) is 11.1. The Balaban J connectivity index is 1.28. The standard InChI is InChI=1S/C19H25N3O5S/c1-14-4-2-5-16(12-14)28(23,24)22-9-7-15(8-10-22)26-13-18-20-19(27-21-18)17-6-3-11-25-17/h2,4-5,12,15,17H,3,6-11,13H2,1H3. The molecule has 0 aliphatic carbocycles. The molecule has 1 atom stereocenters. The van der Waals surface area contributed by atoms with Crippen LogP contribution in [0.2, 0.25) is 0 Å². The average molecular weight is 407 g/mol. The molecule has 2 aliphatic rings. The molecule has 0 spiro atoms. The molecule has 0 bridgehead atoms. The maximum atomic E-state index is 12.8. The van der Waals surface area contributed by atoms with Crippen LogP contribution in [0.25, 0.3) is 0 Å². The summed E-state index contributed by atoms with van der Waals surface area (Å²) in [6.07, 6.45) is 3.06. The Morgan fingerprint density at radius 1 is 1.25 bits per heavy atom. The first kappa shape index (κ1) is 19.5. The van der Waals surface area contributed by atoms with Crippen LogP contribution >= 0.6 is 0 Å². The van der Waals surface area contributed by atoms with Gasteiger partial charge in [-0.2, -0.15) is 9.29 Å². The summed E-state index contributed by atoms with van der Waals surface area (Å²) in [6.45, 7) is 3.75. The van der Waals surface area contributed by atoms with E-state index in [1.807, 2.05) is 13.0 Å². The molecular weight excluding hydrogens is 382 g/mol. The van der Waals surface area contributed by atoms with Crippen molar-refractivity contribution in [2.24, 2.45) is 0 Å². The van der Waals surface area contributed by atoms with Crippen LogP contribution in [0.5, 0.6) is 0 Å². The van der Waals surface area contributed by atoms with Crippen molar-refractivity contribution in [3.05, 3.63) is 41.5 Å². The molecule has 152 valence electrons. The number of aromatic nitrogens is 2. The van der Waals surface area contributed by atoms with E-state index >= 15 is 0 Å². The molecule has 2 saturated heterocycles. The number of sulfonamides is 1. The van der Waals surface area contributed by atoms with Crippen molar-refractivity contribution in [1.29, 1.82) is 0 Å². The van der Waals surface area contributed by atoms with Crippen LogP contribution < -0.4 is 0 Å². The van der Waals surface area contributed by atoms with Crippen LogP contribution in [-0.2, 0) is 26.1 Å². The summed E-state index contributed by atoms with van der Waals surface area (Å²) in [5.41, 5.74) is 0.932. The molecule has 2 aromatic rings. The summed E-state index contributed by atoms with van der Waals surface area (Å²) in [5.74, 6) is 1.01. The van der Waals surface area contributed by atoms with E-state index in [2.05, 4.69) is 10.1 Å². The minimum atomic E-state index is -3.46. The van der Waals surface area contributed by atoms with E-state index in [0.29, 0.717) is 42.5 Å². The molecule has 2 aliphatic heterocycles. The molecule has 0 saturated carbocycles. The summed E-state index contributed by atoms with van der Waals surface area (Å²) in [7, 11) is -3.46. The van der Waals surface area contributed by atoms with Crippen LogP contribution in [0, 0.1) is 6.92 Å². The fraction of sp³-hybridized carbons (Fsp3) is 0.579. The van der Waals surface area contributed by atoms with Crippen molar-refractivity contribution < 1.29 is 22.4 Å². The summed E-state index contributed by atoms with van der Waals surface area (Å²) in [4.78, 5) is 4.69. The molecule has 28 heavy (non-hydrogen) atoms. The molecule has 0 amide bonds. The van der Waals surface area contributed by atoms with Crippen molar-refractivity contribution in [3.8, 4) is 0 Å². The van der Waals surface area contributed by atoms with Crippen LogP contribution in [0.4, 0.5) is 0 Å². The first-order chi connectivity index (χ1) is 13.5. The SMILES string of the molecule is Cc1cccc(S(=O)(=O)N2CCC(OCc3noc(C4CCCO4)n3)CC2)c1. The van der Waals surface area contributed by atoms with Crippen molar-refractivity contribution in [1.82, 2.24) is 14.4 Å². The lowest BCUT2D eigenvalue weighted by molar-refractivity contribution is 0.00636. The maximum Gasteiger partial charge on any atom is 0.255 e. The number of hydrogen-bond acceptors (Lipinski definition) is 7. The predicted octanol–water partition coefficient (Wildman–Crippen LogP) is 2.60. The van der Waals surface area contributed by atoms with Crippen molar-refractivity contribution in [2.45, 2.75) is 56.3 Å². The molecule has 4 rings (SSSR count). The molecule has 2 fully saturated rings. The Morgan fingerprint density at radius 2 is 2.07 bits per heavy atom. The number of ether oxygens (including phenoxy) is 2.